The molecule has 1 aromatic heterocycles. The van der Waals surface area contributed by atoms with Gasteiger partial charge in [0.25, 0.3) is 5.91 Å². The Morgan fingerprint density at radius 3 is 2.47 bits per heavy atom. The minimum atomic E-state index is -4.64. The third kappa shape index (κ3) is 5.54. The van der Waals surface area contributed by atoms with Crippen LogP contribution in [0.4, 0.5) is 19.0 Å². The van der Waals surface area contributed by atoms with E-state index in [4.69, 9.17) is 11.6 Å². The Balaban J connectivity index is 1.25. The van der Waals surface area contributed by atoms with E-state index in [-0.39, 0.29) is 29.5 Å². The molecule has 0 saturated carbocycles. The predicted octanol–water partition coefficient (Wildman–Crippen LogP) is 4.53. The molecule has 3 aliphatic rings. The highest BCUT2D eigenvalue weighted by Crippen LogP contribution is 2.36. The lowest BCUT2D eigenvalue weighted by Gasteiger charge is -2.47. The Morgan fingerprint density at radius 2 is 1.84 bits per heavy atom. The average molecular weight is 548 g/mol. The van der Waals surface area contributed by atoms with Crippen molar-refractivity contribution in [2.75, 3.05) is 37.6 Å². The summed E-state index contributed by atoms with van der Waals surface area (Å²) in [5.41, 5.74) is 0.116. The second-order valence-electron chi connectivity index (χ2n) is 9.75. The molecule has 5 rings (SSSR count). The van der Waals surface area contributed by atoms with Crippen LogP contribution in [0, 0.1) is 0 Å². The maximum Gasteiger partial charge on any atom is 0.437 e. The van der Waals surface area contributed by atoms with Crippen LogP contribution in [0.25, 0.3) is 0 Å². The number of benzene rings is 1. The number of piperidine rings is 1. The van der Waals surface area contributed by atoms with Gasteiger partial charge in [0.2, 0.25) is 0 Å². The van der Waals surface area contributed by atoms with Crippen molar-refractivity contribution in [2.45, 2.75) is 50.9 Å². The normalized spacial score (nSPS) is 21.2. The second-order valence-corrected chi connectivity index (χ2v) is 10.2. The minimum absolute atomic E-state index is 0.00573. The van der Waals surface area contributed by atoms with E-state index in [1.807, 2.05) is 4.90 Å². The van der Waals surface area contributed by atoms with Gasteiger partial charge in [0.15, 0.2) is 11.5 Å². The van der Waals surface area contributed by atoms with Gasteiger partial charge >= 0.3 is 6.18 Å². The van der Waals surface area contributed by atoms with Crippen molar-refractivity contribution >= 4 is 35.3 Å². The summed E-state index contributed by atoms with van der Waals surface area (Å²) >= 11 is 5.94. The number of anilines is 1. The zero-order valence-corrected chi connectivity index (χ0v) is 21.8. The molecule has 1 aromatic carbocycles. The Kier molecular flexibility index (Phi) is 7.67. The maximum absolute atomic E-state index is 14.0. The number of alkyl halides is 3. The van der Waals surface area contributed by atoms with Crippen LogP contribution in [-0.2, 0) is 6.18 Å². The van der Waals surface area contributed by atoms with Crippen molar-refractivity contribution in [3.05, 3.63) is 52.4 Å². The van der Waals surface area contributed by atoms with Crippen LogP contribution in [0.5, 0.6) is 0 Å². The smallest absolute Gasteiger partial charge is 0.352 e. The number of piperazine rings is 1. The predicted molar refractivity (Wildman–Crippen MR) is 140 cm³/mol. The molecule has 3 aliphatic heterocycles. The van der Waals surface area contributed by atoms with E-state index >= 15 is 0 Å². The molecule has 1 amide bonds. The van der Waals surface area contributed by atoms with E-state index in [9.17, 15) is 18.0 Å². The van der Waals surface area contributed by atoms with Gasteiger partial charge in [-0.2, -0.15) is 23.4 Å². The summed E-state index contributed by atoms with van der Waals surface area (Å²) in [6.45, 7) is 4.81. The molecule has 12 heteroatoms. The highest BCUT2D eigenvalue weighted by atomic mass is 35.5. The van der Waals surface area contributed by atoms with Crippen LogP contribution < -0.4 is 4.90 Å². The van der Waals surface area contributed by atoms with Crippen LogP contribution >= 0.6 is 11.6 Å². The first-order chi connectivity index (χ1) is 18.2. The van der Waals surface area contributed by atoms with Gasteiger partial charge in [-0.3, -0.25) is 9.69 Å². The number of aromatic nitrogens is 2. The summed E-state index contributed by atoms with van der Waals surface area (Å²) in [7, 11) is 0. The van der Waals surface area contributed by atoms with Gasteiger partial charge in [0, 0.05) is 68.0 Å². The number of carbonyl (C=O) groups excluding carboxylic acids is 1. The van der Waals surface area contributed by atoms with Gasteiger partial charge in [-0.25, -0.2) is 9.97 Å². The number of halogens is 4. The van der Waals surface area contributed by atoms with Gasteiger partial charge in [-0.1, -0.05) is 18.5 Å². The molecule has 2 aromatic rings. The first-order valence-corrected chi connectivity index (χ1v) is 13.2. The van der Waals surface area contributed by atoms with Crippen molar-refractivity contribution in [1.82, 2.24) is 19.8 Å². The molecule has 2 fully saturated rings. The molecule has 0 spiro atoms. The van der Waals surface area contributed by atoms with Gasteiger partial charge in [-0.15, -0.1) is 0 Å². The lowest BCUT2D eigenvalue weighted by molar-refractivity contribution is -0.141. The van der Waals surface area contributed by atoms with E-state index in [0.717, 1.165) is 19.3 Å². The van der Waals surface area contributed by atoms with E-state index in [2.05, 4.69) is 32.0 Å². The van der Waals surface area contributed by atoms with Gasteiger partial charge in [-0.05, 0) is 43.5 Å². The van der Waals surface area contributed by atoms with Gasteiger partial charge in [0.1, 0.15) is 5.69 Å². The molecule has 0 N–H and O–H groups in total. The summed E-state index contributed by atoms with van der Waals surface area (Å²) in [4.78, 5) is 27.0. The Morgan fingerprint density at radius 1 is 1.11 bits per heavy atom. The van der Waals surface area contributed by atoms with Gasteiger partial charge < -0.3 is 9.80 Å². The largest absolute Gasteiger partial charge is 0.437 e. The molecule has 2 saturated heterocycles. The van der Waals surface area contributed by atoms with E-state index < -0.39 is 11.9 Å². The molecule has 0 unspecified atom stereocenters. The number of hydrogen-bond donors (Lipinski definition) is 0. The molecule has 8 nitrogen and oxygen atoms in total. The van der Waals surface area contributed by atoms with Crippen molar-refractivity contribution in [3.63, 3.8) is 0 Å². The fraction of sp³-hybridized carbons (Fsp3) is 0.500. The monoisotopic (exact) mass is 547 g/mol. The van der Waals surface area contributed by atoms with Crippen LogP contribution in [-0.4, -0.2) is 82.4 Å². The molecule has 0 radical (unpaired) electrons. The number of hydrogen-bond acceptors (Lipinski definition) is 7. The average Bonchev–Trinajstić information content (AvgIpc) is 3.47. The molecule has 0 aliphatic carbocycles. The van der Waals surface area contributed by atoms with E-state index in [1.165, 1.54) is 12.4 Å². The van der Waals surface area contributed by atoms with Crippen molar-refractivity contribution in [1.29, 1.82) is 0 Å². The van der Waals surface area contributed by atoms with Crippen molar-refractivity contribution in [3.8, 4) is 0 Å². The summed E-state index contributed by atoms with van der Waals surface area (Å²) in [6.07, 6.45) is 1.03. The summed E-state index contributed by atoms with van der Waals surface area (Å²) in [5, 5.41) is 8.17. The molecule has 202 valence electrons. The third-order valence-corrected chi connectivity index (χ3v) is 7.73. The zero-order valence-electron chi connectivity index (χ0n) is 21.0. The molecule has 4 heterocycles. The standard InChI is InChI=1S/C26H29ClF3N7O/c1-2-19-16-36(24-23(26(28,29)30)33-22(15-31-24)21-7-10-32-34-21)13-14-37(19)20-8-11-35(12-9-20)25(38)17-3-5-18(27)6-4-17/h3-6,10,15,19-20H,2,7-9,11-14,16H2,1H3/t19-/m0/s1. The van der Waals surface area contributed by atoms with E-state index in [0.29, 0.717) is 55.4 Å². The summed E-state index contributed by atoms with van der Waals surface area (Å²) in [6, 6.07) is 7.25. The fourth-order valence-corrected chi connectivity index (χ4v) is 5.59. The van der Waals surface area contributed by atoms with Crippen LogP contribution in [0.15, 0.2) is 40.7 Å². The number of carbonyl (C=O) groups is 1. The lowest BCUT2D eigenvalue weighted by atomic mass is 9.97. The highest BCUT2D eigenvalue weighted by molar-refractivity contribution is 6.30. The van der Waals surface area contributed by atoms with Crippen LogP contribution in [0.2, 0.25) is 5.02 Å². The summed E-state index contributed by atoms with van der Waals surface area (Å²) < 4.78 is 42.0. The third-order valence-electron chi connectivity index (χ3n) is 7.47. The molecular weight excluding hydrogens is 519 g/mol. The summed E-state index contributed by atoms with van der Waals surface area (Å²) in [5.74, 6) is -0.143. The van der Waals surface area contributed by atoms with Crippen molar-refractivity contribution < 1.29 is 18.0 Å². The second kappa shape index (κ2) is 11.0. The zero-order chi connectivity index (χ0) is 26.9. The molecular formula is C26H29ClF3N7O. The minimum Gasteiger partial charge on any atom is -0.352 e. The number of likely N-dealkylation sites (tertiary alicyclic amines) is 1. The SMILES string of the molecule is CC[C@H]1CN(c2ncc(C3=NN=CC3)nc2C(F)(F)F)CCN1C1CCN(C(=O)c2ccc(Cl)cc2)CC1. The first kappa shape index (κ1) is 26.6. The number of rotatable bonds is 5. The Labute approximate surface area is 224 Å². The number of nitrogens with zero attached hydrogens (tertiary/aromatic N) is 7. The Bertz CT molecular complexity index is 1230. The lowest BCUT2D eigenvalue weighted by Crippen LogP contribution is -2.59. The first-order valence-electron chi connectivity index (χ1n) is 12.8. The van der Waals surface area contributed by atoms with Crippen LogP contribution in [0.3, 0.4) is 0 Å². The Hall–Kier alpha value is -3.05. The highest BCUT2D eigenvalue weighted by Gasteiger charge is 2.41. The molecule has 38 heavy (non-hydrogen) atoms. The number of amides is 1. The van der Waals surface area contributed by atoms with E-state index in [1.54, 1.807) is 29.2 Å². The molecule has 0 bridgehead atoms. The maximum atomic E-state index is 14.0. The quantitative estimate of drug-likeness (QED) is 0.549. The topological polar surface area (TPSA) is 77.3 Å². The van der Waals surface area contributed by atoms with Crippen molar-refractivity contribution in [2.24, 2.45) is 10.2 Å². The molecule has 1 atom stereocenters. The van der Waals surface area contributed by atoms with Gasteiger partial charge in [0.05, 0.1) is 11.9 Å². The fourth-order valence-electron chi connectivity index (χ4n) is 5.46. The van der Waals surface area contributed by atoms with Crippen LogP contribution in [0.1, 0.15) is 54.4 Å².